The second kappa shape index (κ2) is 4.17. The lowest BCUT2D eigenvalue weighted by Crippen LogP contribution is -2.27. The highest BCUT2D eigenvalue weighted by Gasteiger charge is 2.11. The molecule has 0 aliphatic heterocycles. The third-order valence-corrected chi connectivity index (χ3v) is 2.16. The molecule has 0 aliphatic rings. The zero-order valence-electron chi connectivity index (χ0n) is 8.50. The van der Waals surface area contributed by atoms with Crippen LogP contribution < -0.4 is 5.56 Å². The summed E-state index contributed by atoms with van der Waals surface area (Å²) in [6.45, 7) is 0. The van der Waals surface area contributed by atoms with Gasteiger partial charge in [-0.15, -0.1) is 0 Å². The molecule has 1 N–H and O–H groups in total. The van der Waals surface area contributed by atoms with E-state index in [1.807, 2.05) is 0 Å². The monoisotopic (exact) mass is 234 g/mol. The molecule has 17 heavy (non-hydrogen) atoms. The molecule has 0 radical (unpaired) electrons. The fraction of sp³-hybridized carbons (Fsp3) is 0. The highest BCUT2D eigenvalue weighted by Crippen LogP contribution is 2.12. The number of nitrogens with zero attached hydrogens (tertiary/aromatic N) is 2. The summed E-state index contributed by atoms with van der Waals surface area (Å²) in [5.74, 6) is -0.441. The predicted octanol–water partition coefficient (Wildman–Crippen LogP) is 1.58. The Morgan fingerprint density at radius 2 is 1.94 bits per heavy atom. The number of carbonyl (C=O) groups is 1. The lowest BCUT2D eigenvalue weighted by atomic mass is 10.1. The Kier molecular flexibility index (Phi) is 2.70. The Labute approximate surface area is 94.8 Å². The van der Waals surface area contributed by atoms with Crippen molar-refractivity contribution < 1.29 is 14.3 Å². The van der Waals surface area contributed by atoms with Gasteiger partial charge in [-0.3, -0.25) is 4.79 Å². The summed E-state index contributed by atoms with van der Waals surface area (Å²) in [4.78, 5) is 26.3. The van der Waals surface area contributed by atoms with Gasteiger partial charge in [-0.25, -0.2) is 18.7 Å². The quantitative estimate of drug-likeness (QED) is 0.812. The van der Waals surface area contributed by atoms with Gasteiger partial charge in [0.25, 0.3) is 5.56 Å². The topological polar surface area (TPSA) is 72.2 Å². The minimum Gasteiger partial charge on any atom is -0.464 e. The SMILES string of the molecule is O=C(O)n1ccnc(-c2ccc(F)cc2)c1=O. The number of aromatic nitrogens is 2. The van der Waals surface area contributed by atoms with Crippen molar-refractivity contribution >= 4 is 6.09 Å². The zero-order valence-corrected chi connectivity index (χ0v) is 8.50. The molecule has 2 rings (SSSR count). The van der Waals surface area contributed by atoms with Crippen molar-refractivity contribution in [3.8, 4) is 11.3 Å². The normalized spacial score (nSPS) is 10.2. The van der Waals surface area contributed by atoms with Crippen LogP contribution in [0.2, 0.25) is 0 Å². The number of hydrogen-bond acceptors (Lipinski definition) is 3. The fourth-order valence-electron chi connectivity index (χ4n) is 1.37. The molecular weight excluding hydrogens is 227 g/mol. The summed E-state index contributed by atoms with van der Waals surface area (Å²) in [6.07, 6.45) is 0.868. The van der Waals surface area contributed by atoms with Crippen molar-refractivity contribution in [2.75, 3.05) is 0 Å². The minimum absolute atomic E-state index is 0.0325. The molecule has 1 aromatic carbocycles. The standard InChI is InChI=1S/C11H7FN2O3/c12-8-3-1-7(2-4-8)9-10(15)14(11(16)17)6-5-13-9/h1-6H,(H,16,17). The van der Waals surface area contributed by atoms with Gasteiger partial charge in [0, 0.05) is 18.0 Å². The van der Waals surface area contributed by atoms with E-state index >= 15 is 0 Å². The lowest BCUT2D eigenvalue weighted by Gasteiger charge is -2.02. The number of rotatable bonds is 1. The maximum Gasteiger partial charge on any atom is 0.418 e. The molecule has 0 fully saturated rings. The van der Waals surface area contributed by atoms with Crippen LogP contribution in [-0.2, 0) is 0 Å². The summed E-state index contributed by atoms with van der Waals surface area (Å²) in [6, 6.07) is 5.08. The van der Waals surface area contributed by atoms with Gasteiger partial charge < -0.3 is 5.11 Å². The predicted molar refractivity (Wildman–Crippen MR) is 57.3 cm³/mol. The van der Waals surface area contributed by atoms with E-state index in [1.165, 1.54) is 30.5 Å². The van der Waals surface area contributed by atoms with Crippen LogP contribution in [-0.4, -0.2) is 20.8 Å². The molecule has 1 heterocycles. The molecule has 5 nitrogen and oxygen atoms in total. The van der Waals surface area contributed by atoms with Crippen molar-refractivity contribution in [2.45, 2.75) is 0 Å². The molecule has 1 aromatic heterocycles. The third kappa shape index (κ3) is 2.05. The molecule has 0 unspecified atom stereocenters. The molecule has 86 valence electrons. The second-order valence-electron chi connectivity index (χ2n) is 3.24. The first-order chi connectivity index (χ1) is 8.09. The molecule has 0 bridgehead atoms. The van der Waals surface area contributed by atoms with Gasteiger partial charge >= 0.3 is 6.09 Å². The van der Waals surface area contributed by atoms with E-state index in [0.717, 1.165) is 6.20 Å². The highest BCUT2D eigenvalue weighted by molar-refractivity contribution is 5.69. The van der Waals surface area contributed by atoms with Crippen molar-refractivity contribution in [1.29, 1.82) is 0 Å². The van der Waals surface area contributed by atoms with Crippen LogP contribution in [0.15, 0.2) is 41.5 Å². The van der Waals surface area contributed by atoms with Crippen LogP contribution in [0.25, 0.3) is 11.3 Å². The van der Waals surface area contributed by atoms with E-state index in [2.05, 4.69) is 4.98 Å². The van der Waals surface area contributed by atoms with Crippen LogP contribution in [0, 0.1) is 5.82 Å². The average molecular weight is 234 g/mol. The summed E-state index contributed by atoms with van der Waals surface area (Å²) in [7, 11) is 0. The van der Waals surface area contributed by atoms with Gasteiger partial charge in [-0.1, -0.05) is 0 Å². The first-order valence-corrected chi connectivity index (χ1v) is 4.66. The van der Waals surface area contributed by atoms with E-state index < -0.39 is 17.5 Å². The van der Waals surface area contributed by atoms with Gasteiger partial charge in [-0.05, 0) is 24.3 Å². The van der Waals surface area contributed by atoms with Gasteiger partial charge in [-0.2, -0.15) is 0 Å². The summed E-state index contributed by atoms with van der Waals surface area (Å²) in [5, 5.41) is 8.76. The van der Waals surface area contributed by atoms with E-state index in [1.54, 1.807) is 0 Å². The number of benzene rings is 1. The van der Waals surface area contributed by atoms with E-state index in [-0.39, 0.29) is 5.69 Å². The molecule has 6 heteroatoms. The first kappa shape index (κ1) is 11.0. The Morgan fingerprint density at radius 1 is 1.29 bits per heavy atom. The largest absolute Gasteiger partial charge is 0.464 e. The number of halogens is 1. The summed E-state index contributed by atoms with van der Waals surface area (Å²) >= 11 is 0. The van der Waals surface area contributed by atoms with Crippen LogP contribution in [0.4, 0.5) is 9.18 Å². The van der Waals surface area contributed by atoms with E-state index in [0.29, 0.717) is 10.1 Å². The van der Waals surface area contributed by atoms with Gasteiger partial charge in [0.2, 0.25) is 0 Å². The number of hydrogen-bond donors (Lipinski definition) is 1. The fourth-order valence-corrected chi connectivity index (χ4v) is 1.37. The second-order valence-corrected chi connectivity index (χ2v) is 3.24. The third-order valence-electron chi connectivity index (χ3n) is 2.16. The maximum atomic E-state index is 12.7. The van der Waals surface area contributed by atoms with E-state index in [9.17, 15) is 14.0 Å². The molecule has 0 saturated carbocycles. The van der Waals surface area contributed by atoms with Crippen molar-refractivity contribution in [2.24, 2.45) is 0 Å². The summed E-state index contributed by atoms with van der Waals surface area (Å²) < 4.78 is 13.2. The van der Waals surface area contributed by atoms with Gasteiger partial charge in [0.05, 0.1) is 0 Å². The van der Waals surface area contributed by atoms with Crippen molar-refractivity contribution in [3.05, 3.63) is 52.8 Å². The average Bonchev–Trinajstić information content (AvgIpc) is 2.30. The Balaban J connectivity index is 2.61. The van der Waals surface area contributed by atoms with Gasteiger partial charge in [0.1, 0.15) is 11.5 Å². The lowest BCUT2D eigenvalue weighted by molar-refractivity contribution is 0.195. The van der Waals surface area contributed by atoms with Crippen LogP contribution in [0.3, 0.4) is 0 Å². The van der Waals surface area contributed by atoms with Crippen LogP contribution >= 0.6 is 0 Å². The smallest absolute Gasteiger partial charge is 0.418 e. The summed E-state index contributed by atoms with van der Waals surface area (Å²) in [5.41, 5.74) is -0.423. The molecule has 0 atom stereocenters. The first-order valence-electron chi connectivity index (χ1n) is 4.66. The van der Waals surface area contributed by atoms with E-state index in [4.69, 9.17) is 5.11 Å². The maximum absolute atomic E-state index is 12.7. The molecule has 0 saturated heterocycles. The molecule has 0 amide bonds. The van der Waals surface area contributed by atoms with Crippen molar-refractivity contribution in [3.63, 3.8) is 0 Å². The molecule has 2 aromatic rings. The van der Waals surface area contributed by atoms with Crippen LogP contribution in [0.5, 0.6) is 0 Å². The Hall–Kier alpha value is -2.50. The van der Waals surface area contributed by atoms with Crippen molar-refractivity contribution in [1.82, 2.24) is 9.55 Å². The molecule has 0 aliphatic carbocycles. The molecular formula is C11H7FN2O3. The zero-order chi connectivity index (χ0) is 12.4. The van der Waals surface area contributed by atoms with Gasteiger partial charge in [0.15, 0.2) is 0 Å². The highest BCUT2D eigenvalue weighted by atomic mass is 19.1. The Bertz CT molecular complexity index is 619. The Morgan fingerprint density at radius 3 is 2.53 bits per heavy atom. The molecule has 0 spiro atoms. The minimum atomic E-state index is -1.39. The number of carboxylic acid groups (broad SMARTS) is 1. The van der Waals surface area contributed by atoms with Crippen LogP contribution in [0.1, 0.15) is 0 Å².